The summed E-state index contributed by atoms with van der Waals surface area (Å²) in [4.78, 5) is 11.2. The predicted molar refractivity (Wildman–Crippen MR) is 125 cm³/mol. The molecule has 1 aromatic heterocycles. The lowest BCUT2D eigenvalue weighted by atomic mass is 9.61. The maximum Gasteiger partial charge on any atom is 0.416 e. The number of aromatic nitrogens is 2. The van der Waals surface area contributed by atoms with Crippen LogP contribution in [0.1, 0.15) is 41.8 Å². The molecule has 0 aliphatic carbocycles. The van der Waals surface area contributed by atoms with E-state index in [4.69, 9.17) is 15.6 Å². The number of nitrogens with one attached hydrogen (secondary N) is 1. The molecule has 0 bridgehead atoms. The first-order valence-corrected chi connectivity index (χ1v) is 11.1. The molecule has 36 heavy (non-hydrogen) atoms. The molecular weight excluding hydrogens is 473 g/mol. The number of nitriles is 1. The molecular formula is C26H23F3N4O3. The molecule has 0 fully saturated rings. The van der Waals surface area contributed by atoms with E-state index in [2.05, 4.69) is 16.3 Å². The number of carboxylic acid groups (broad SMARTS) is 1. The zero-order chi connectivity index (χ0) is 26.4. The Hall–Kier alpha value is -4.26. The summed E-state index contributed by atoms with van der Waals surface area (Å²) in [6.07, 6.45) is -4.97. The monoisotopic (exact) mass is 496 g/mol. The Bertz CT molecular complexity index is 1430. The molecule has 7 nitrogen and oxygen atoms in total. The van der Waals surface area contributed by atoms with Gasteiger partial charge in [-0.25, -0.2) is 0 Å². The number of halogens is 3. The number of rotatable bonds is 5. The van der Waals surface area contributed by atoms with E-state index in [1.54, 1.807) is 51.1 Å². The second-order valence-corrected chi connectivity index (χ2v) is 9.01. The molecule has 186 valence electrons. The summed E-state index contributed by atoms with van der Waals surface area (Å²) in [6, 6.07) is 12.0. The lowest BCUT2D eigenvalue weighted by Crippen LogP contribution is -2.41. The van der Waals surface area contributed by atoms with E-state index >= 15 is 0 Å². The Labute approximate surface area is 205 Å². The van der Waals surface area contributed by atoms with Crippen LogP contribution in [-0.2, 0) is 22.8 Å². The lowest BCUT2D eigenvalue weighted by molar-refractivity contribution is -0.138. The van der Waals surface area contributed by atoms with E-state index in [-0.39, 0.29) is 34.9 Å². The van der Waals surface area contributed by atoms with Crippen LogP contribution in [0.4, 0.5) is 13.2 Å². The van der Waals surface area contributed by atoms with E-state index in [1.807, 2.05) is 0 Å². The number of benzene rings is 2. The zero-order valence-corrected chi connectivity index (χ0v) is 19.7. The van der Waals surface area contributed by atoms with Gasteiger partial charge in [0.05, 0.1) is 23.0 Å². The van der Waals surface area contributed by atoms with Crippen molar-refractivity contribution in [3.05, 3.63) is 81.9 Å². The van der Waals surface area contributed by atoms with Crippen molar-refractivity contribution >= 4 is 5.97 Å². The third-order valence-electron chi connectivity index (χ3n) is 6.46. The molecule has 1 aliphatic heterocycles. The summed E-state index contributed by atoms with van der Waals surface area (Å²) < 4.78 is 48.0. The first-order chi connectivity index (χ1) is 16.9. The van der Waals surface area contributed by atoms with Gasteiger partial charge in [-0.2, -0.15) is 18.4 Å². The third kappa shape index (κ3) is 3.96. The van der Waals surface area contributed by atoms with Crippen molar-refractivity contribution < 1.29 is 27.8 Å². The SMILES string of the molecule is Cc1[nH]nc2c1[C@](c1cc(-c3cccc(CC(=O)O)c3)cc(C(F)(F)F)c1)(C(C)C)C(C#N)=C(N)O2. The fraction of sp³-hybridized carbons (Fsp3) is 0.269. The first kappa shape index (κ1) is 24.9. The number of hydrogen-bond donors (Lipinski definition) is 3. The summed E-state index contributed by atoms with van der Waals surface area (Å²) in [5.74, 6) is -1.62. The number of nitrogens with zero attached hydrogens (tertiary/aromatic N) is 2. The minimum atomic E-state index is -4.69. The average Bonchev–Trinajstić information content (AvgIpc) is 3.17. The molecule has 10 heteroatoms. The van der Waals surface area contributed by atoms with E-state index in [1.165, 1.54) is 0 Å². The van der Waals surface area contributed by atoms with Gasteiger partial charge in [-0.3, -0.25) is 9.89 Å². The molecule has 1 atom stereocenters. The summed E-state index contributed by atoms with van der Waals surface area (Å²) in [5.41, 5.74) is 6.02. The van der Waals surface area contributed by atoms with Crippen molar-refractivity contribution in [2.75, 3.05) is 0 Å². The number of ether oxygens (including phenoxy) is 1. The first-order valence-electron chi connectivity index (χ1n) is 11.1. The third-order valence-corrected chi connectivity index (χ3v) is 6.46. The summed E-state index contributed by atoms with van der Waals surface area (Å²) in [7, 11) is 0. The molecule has 0 amide bonds. The molecule has 0 saturated heterocycles. The summed E-state index contributed by atoms with van der Waals surface area (Å²) in [6.45, 7) is 5.28. The predicted octanol–water partition coefficient (Wildman–Crippen LogP) is 5.06. The Kier molecular flexibility index (Phi) is 6.04. The van der Waals surface area contributed by atoms with E-state index in [0.717, 1.165) is 12.1 Å². The van der Waals surface area contributed by atoms with Gasteiger partial charge in [0.25, 0.3) is 0 Å². The molecule has 1 aliphatic rings. The van der Waals surface area contributed by atoms with Gasteiger partial charge in [0.1, 0.15) is 11.6 Å². The Morgan fingerprint density at radius 2 is 1.97 bits per heavy atom. The van der Waals surface area contributed by atoms with E-state index in [9.17, 15) is 23.2 Å². The highest BCUT2D eigenvalue weighted by Crippen LogP contribution is 2.53. The van der Waals surface area contributed by atoms with Crippen molar-refractivity contribution in [2.45, 2.75) is 38.8 Å². The summed E-state index contributed by atoms with van der Waals surface area (Å²) in [5, 5.41) is 26.2. The number of alkyl halides is 3. The van der Waals surface area contributed by atoms with E-state index < -0.39 is 29.0 Å². The molecule has 0 unspecified atom stereocenters. The smallest absolute Gasteiger partial charge is 0.416 e. The van der Waals surface area contributed by atoms with Gasteiger partial charge in [0.2, 0.25) is 11.8 Å². The van der Waals surface area contributed by atoms with Crippen molar-refractivity contribution in [2.24, 2.45) is 11.7 Å². The second kappa shape index (κ2) is 8.75. The highest BCUT2D eigenvalue weighted by atomic mass is 19.4. The number of H-pyrrole nitrogens is 1. The number of aromatic amines is 1. The van der Waals surface area contributed by atoms with Gasteiger partial charge in [-0.1, -0.05) is 38.1 Å². The molecule has 4 rings (SSSR count). The largest absolute Gasteiger partial charge is 0.481 e. The number of aliphatic carboxylic acids is 1. The van der Waals surface area contributed by atoms with Crippen molar-refractivity contribution in [3.63, 3.8) is 0 Å². The number of fused-ring (bicyclic) bond motifs is 1. The quantitative estimate of drug-likeness (QED) is 0.454. The standard InChI is InChI=1S/C26H23F3N4O3/c1-13(2)25(20(12-30)23(31)36-24-22(25)14(3)32-33-24)18-9-17(10-19(11-18)26(27,28)29)16-6-4-5-15(7-16)8-21(34)35/h4-7,9-11,13H,8,31H2,1-3H3,(H,32,33)(H,34,35)/t25-/m0/s1. The minimum absolute atomic E-state index is 0.0144. The Morgan fingerprint density at radius 1 is 1.25 bits per heavy atom. The fourth-order valence-electron chi connectivity index (χ4n) is 4.98. The number of allylic oxidation sites excluding steroid dienone is 1. The van der Waals surface area contributed by atoms with Crippen LogP contribution in [-0.4, -0.2) is 21.3 Å². The number of hydrogen-bond acceptors (Lipinski definition) is 5. The maximum absolute atomic E-state index is 14.2. The normalized spacial score (nSPS) is 17.5. The number of carboxylic acids is 1. The van der Waals surface area contributed by atoms with Gasteiger partial charge in [0.15, 0.2) is 0 Å². The molecule has 2 aromatic carbocycles. The van der Waals surface area contributed by atoms with E-state index in [0.29, 0.717) is 22.4 Å². The lowest BCUT2D eigenvalue weighted by Gasteiger charge is -2.41. The van der Waals surface area contributed by atoms with Crippen LogP contribution in [0.5, 0.6) is 5.88 Å². The van der Waals surface area contributed by atoms with Crippen LogP contribution in [0.15, 0.2) is 53.9 Å². The highest BCUT2D eigenvalue weighted by molar-refractivity contribution is 5.73. The average molecular weight is 496 g/mol. The van der Waals surface area contributed by atoms with Crippen molar-refractivity contribution in [1.82, 2.24) is 10.2 Å². The number of aryl methyl sites for hydroxylation is 1. The molecule has 0 saturated carbocycles. The Balaban J connectivity index is 2.09. The maximum atomic E-state index is 14.2. The molecule has 3 aromatic rings. The molecule has 0 radical (unpaired) electrons. The number of carbonyl (C=O) groups is 1. The van der Waals surface area contributed by atoms with Gasteiger partial charge in [0, 0.05) is 5.69 Å². The van der Waals surface area contributed by atoms with Crippen LogP contribution in [0.3, 0.4) is 0 Å². The topological polar surface area (TPSA) is 125 Å². The number of nitrogens with two attached hydrogens (primary N) is 1. The second-order valence-electron chi connectivity index (χ2n) is 9.01. The fourth-order valence-corrected chi connectivity index (χ4v) is 4.98. The van der Waals surface area contributed by atoms with Crippen LogP contribution < -0.4 is 10.5 Å². The molecule has 2 heterocycles. The Morgan fingerprint density at radius 3 is 2.58 bits per heavy atom. The van der Waals surface area contributed by atoms with Gasteiger partial charge < -0.3 is 15.6 Å². The molecule has 0 spiro atoms. The van der Waals surface area contributed by atoms with Crippen LogP contribution >= 0.6 is 0 Å². The zero-order valence-electron chi connectivity index (χ0n) is 19.7. The van der Waals surface area contributed by atoms with Crippen LogP contribution in [0, 0.1) is 24.2 Å². The van der Waals surface area contributed by atoms with Gasteiger partial charge in [-0.05, 0) is 53.3 Å². The van der Waals surface area contributed by atoms with Crippen molar-refractivity contribution in [1.29, 1.82) is 5.26 Å². The van der Waals surface area contributed by atoms with Gasteiger partial charge >= 0.3 is 12.1 Å². The van der Waals surface area contributed by atoms with Gasteiger partial charge in [-0.15, -0.1) is 5.10 Å². The minimum Gasteiger partial charge on any atom is -0.481 e. The highest BCUT2D eigenvalue weighted by Gasteiger charge is 2.51. The van der Waals surface area contributed by atoms with Crippen molar-refractivity contribution in [3.8, 4) is 23.1 Å². The van der Waals surface area contributed by atoms with Crippen LogP contribution in [0.25, 0.3) is 11.1 Å². The van der Waals surface area contributed by atoms with Crippen LogP contribution in [0.2, 0.25) is 0 Å². The summed E-state index contributed by atoms with van der Waals surface area (Å²) >= 11 is 0. The molecule has 4 N–H and O–H groups in total.